The van der Waals surface area contributed by atoms with Gasteiger partial charge in [0.05, 0.1) is 17.6 Å². The first-order valence-electron chi connectivity index (χ1n) is 5.29. The minimum Gasteiger partial charge on any atom is -0.385 e. The van der Waals surface area contributed by atoms with Crippen molar-refractivity contribution in [2.45, 2.75) is 24.5 Å². The Labute approximate surface area is 105 Å². The van der Waals surface area contributed by atoms with E-state index >= 15 is 0 Å². The van der Waals surface area contributed by atoms with Gasteiger partial charge in [0.25, 0.3) is 10.1 Å². The lowest BCUT2D eigenvalue weighted by Crippen LogP contribution is -2.29. The zero-order valence-corrected chi connectivity index (χ0v) is 10.9. The quantitative estimate of drug-likeness (QED) is 0.781. The second kappa shape index (κ2) is 6.17. The van der Waals surface area contributed by atoms with E-state index in [1.165, 1.54) is 7.11 Å². The third-order valence-electron chi connectivity index (χ3n) is 2.59. The van der Waals surface area contributed by atoms with Crippen molar-refractivity contribution in [3.05, 3.63) is 24.0 Å². The van der Waals surface area contributed by atoms with Gasteiger partial charge in [0.15, 0.2) is 5.82 Å². The van der Waals surface area contributed by atoms with Gasteiger partial charge in [0, 0.05) is 19.6 Å². The van der Waals surface area contributed by atoms with E-state index in [1.807, 2.05) is 0 Å². The van der Waals surface area contributed by atoms with Crippen molar-refractivity contribution in [3.63, 3.8) is 0 Å². The van der Waals surface area contributed by atoms with Crippen molar-refractivity contribution >= 4 is 10.1 Å². The molecule has 0 aliphatic heterocycles. The number of rotatable bonds is 6. The van der Waals surface area contributed by atoms with Crippen LogP contribution >= 0.6 is 0 Å². The van der Waals surface area contributed by atoms with Crippen molar-refractivity contribution in [2.24, 2.45) is 0 Å². The molecule has 0 aliphatic rings. The molecule has 1 aromatic heterocycles. The van der Waals surface area contributed by atoms with Crippen LogP contribution in [0.15, 0.2) is 12.4 Å². The fourth-order valence-corrected chi connectivity index (χ4v) is 2.65. The van der Waals surface area contributed by atoms with Crippen LogP contribution in [0.5, 0.6) is 0 Å². The van der Waals surface area contributed by atoms with E-state index < -0.39 is 27.1 Å². The van der Waals surface area contributed by atoms with E-state index in [0.717, 1.165) is 12.4 Å². The predicted molar refractivity (Wildman–Crippen MR) is 62.2 cm³/mol. The van der Waals surface area contributed by atoms with Gasteiger partial charge < -0.3 is 4.74 Å². The molecule has 0 aromatic carbocycles. The highest BCUT2D eigenvalue weighted by Crippen LogP contribution is 2.23. The highest BCUT2D eigenvalue weighted by Gasteiger charge is 2.31. The lowest BCUT2D eigenvalue weighted by Gasteiger charge is -2.19. The molecule has 1 aromatic rings. The second-order valence-corrected chi connectivity index (χ2v) is 5.52. The Morgan fingerprint density at radius 1 is 1.44 bits per heavy atom. The summed E-state index contributed by atoms with van der Waals surface area (Å²) in [4.78, 5) is 7.44. The molecule has 0 spiro atoms. The number of nitrogens with zero attached hydrogens (tertiary/aromatic N) is 2. The summed E-state index contributed by atoms with van der Waals surface area (Å²) in [6, 6.07) is 0. The fraction of sp³-hybridized carbons (Fsp3) is 0.600. The Hall–Kier alpha value is -1.12. The molecule has 1 rings (SSSR count). The van der Waals surface area contributed by atoms with E-state index in [1.54, 1.807) is 6.92 Å². The maximum Gasteiger partial charge on any atom is 0.268 e. The predicted octanol–water partition coefficient (Wildman–Crippen LogP) is 1.01. The van der Waals surface area contributed by atoms with Crippen molar-refractivity contribution in [2.75, 3.05) is 13.7 Å². The van der Waals surface area contributed by atoms with Crippen molar-refractivity contribution in [1.82, 2.24) is 9.97 Å². The summed E-state index contributed by atoms with van der Waals surface area (Å²) >= 11 is 0. The Morgan fingerprint density at radius 3 is 2.44 bits per heavy atom. The van der Waals surface area contributed by atoms with Crippen LogP contribution in [0.2, 0.25) is 0 Å². The molecular formula is C10H15FN2O4S. The van der Waals surface area contributed by atoms with E-state index in [-0.39, 0.29) is 18.9 Å². The average molecular weight is 278 g/mol. The van der Waals surface area contributed by atoms with E-state index in [4.69, 9.17) is 4.74 Å². The molecular weight excluding hydrogens is 263 g/mol. The number of methoxy groups -OCH3 is 1. The highest BCUT2D eigenvalue weighted by atomic mass is 32.2. The standard InChI is InChI=1S/C10H15FN2O4S/c1-7(10-12-5-8(11)6-13-10)9(3-4-17-2)18(14,15)16/h5-7,9H,3-4H2,1-2H3,(H,14,15,16)/t7-,9-/m0/s1. The van der Waals surface area contributed by atoms with Gasteiger partial charge in [0.2, 0.25) is 0 Å². The van der Waals surface area contributed by atoms with Gasteiger partial charge in [0.1, 0.15) is 5.82 Å². The van der Waals surface area contributed by atoms with Gasteiger partial charge in [-0.05, 0) is 6.42 Å². The summed E-state index contributed by atoms with van der Waals surface area (Å²) in [5.41, 5.74) is 0. The number of hydrogen-bond acceptors (Lipinski definition) is 5. The van der Waals surface area contributed by atoms with Gasteiger partial charge in [-0.3, -0.25) is 4.55 Å². The smallest absolute Gasteiger partial charge is 0.268 e. The van der Waals surface area contributed by atoms with Gasteiger partial charge in [-0.15, -0.1) is 0 Å². The zero-order valence-electron chi connectivity index (χ0n) is 10.1. The van der Waals surface area contributed by atoms with E-state index in [9.17, 15) is 17.4 Å². The maximum atomic E-state index is 12.7. The Balaban J connectivity index is 2.95. The molecule has 102 valence electrons. The van der Waals surface area contributed by atoms with Gasteiger partial charge >= 0.3 is 0 Å². The van der Waals surface area contributed by atoms with Crippen LogP contribution in [-0.4, -0.2) is 41.9 Å². The van der Waals surface area contributed by atoms with Crippen LogP contribution in [0.25, 0.3) is 0 Å². The summed E-state index contributed by atoms with van der Waals surface area (Å²) in [5, 5.41) is -1.08. The summed E-state index contributed by atoms with van der Waals surface area (Å²) in [6.07, 6.45) is 2.02. The van der Waals surface area contributed by atoms with Crippen LogP contribution in [0.3, 0.4) is 0 Å². The molecule has 0 aliphatic carbocycles. The van der Waals surface area contributed by atoms with E-state index in [2.05, 4.69) is 9.97 Å². The molecule has 6 nitrogen and oxygen atoms in total. The van der Waals surface area contributed by atoms with Gasteiger partial charge in [-0.1, -0.05) is 6.92 Å². The van der Waals surface area contributed by atoms with Crippen LogP contribution < -0.4 is 0 Å². The normalized spacial score (nSPS) is 15.3. The molecule has 0 unspecified atom stereocenters. The number of aromatic nitrogens is 2. The lowest BCUT2D eigenvalue weighted by molar-refractivity contribution is 0.190. The van der Waals surface area contributed by atoms with Crippen LogP contribution in [0.4, 0.5) is 4.39 Å². The number of hydrogen-bond donors (Lipinski definition) is 1. The Bertz CT molecular complexity index is 477. The molecule has 8 heteroatoms. The molecule has 2 atom stereocenters. The monoisotopic (exact) mass is 278 g/mol. The van der Waals surface area contributed by atoms with E-state index in [0.29, 0.717) is 0 Å². The van der Waals surface area contributed by atoms with Gasteiger partial charge in [-0.2, -0.15) is 8.42 Å². The molecule has 0 fully saturated rings. The second-order valence-electron chi connectivity index (χ2n) is 3.88. The topological polar surface area (TPSA) is 89.4 Å². The summed E-state index contributed by atoms with van der Waals surface area (Å²) < 4.78 is 49.2. The number of ether oxygens (including phenoxy) is 1. The first kappa shape index (κ1) is 14.9. The SMILES string of the molecule is COCC[C@@H]([C@H](C)c1ncc(F)cn1)S(=O)(=O)O. The minimum atomic E-state index is -4.25. The summed E-state index contributed by atoms with van der Waals surface area (Å²) in [6.45, 7) is 1.73. The highest BCUT2D eigenvalue weighted by molar-refractivity contribution is 7.86. The molecule has 1 N–H and O–H groups in total. The van der Waals surface area contributed by atoms with Crippen molar-refractivity contribution < 1.29 is 22.1 Å². The third-order valence-corrected chi connectivity index (χ3v) is 4.00. The molecule has 1 heterocycles. The molecule has 0 amide bonds. The minimum absolute atomic E-state index is 0.108. The summed E-state index contributed by atoms with van der Waals surface area (Å²) in [5.74, 6) is -1.10. The zero-order chi connectivity index (χ0) is 13.8. The van der Waals surface area contributed by atoms with Crippen LogP contribution in [0, 0.1) is 5.82 Å². The first-order chi connectivity index (χ1) is 8.36. The fourth-order valence-electron chi connectivity index (χ4n) is 1.61. The molecule has 0 radical (unpaired) electrons. The van der Waals surface area contributed by atoms with Crippen molar-refractivity contribution in [1.29, 1.82) is 0 Å². The number of halogens is 1. The summed E-state index contributed by atoms with van der Waals surface area (Å²) in [7, 11) is -2.82. The Morgan fingerprint density at radius 2 is 2.00 bits per heavy atom. The van der Waals surface area contributed by atoms with Crippen LogP contribution in [0.1, 0.15) is 25.1 Å². The lowest BCUT2D eigenvalue weighted by atomic mass is 10.0. The molecule has 18 heavy (non-hydrogen) atoms. The average Bonchev–Trinajstić information content (AvgIpc) is 2.28. The Kier molecular flexibility index (Phi) is 5.12. The first-order valence-corrected chi connectivity index (χ1v) is 6.79. The van der Waals surface area contributed by atoms with Crippen LogP contribution in [-0.2, 0) is 14.9 Å². The molecule has 0 saturated carbocycles. The van der Waals surface area contributed by atoms with Crippen molar-refractivity contribution in [3.8, 4) is 0 Å². The maximum absolute atomic E-state index is 12.7. The third kappa shape index (κ3) is 3.97. The van der Waals surface area contributed by atoms with Gasteiger partial charge in [-0.25, -0.2) is 14.4 Å². The largest absolute Gasteiger partial charge is 0.385 e. The molecule has 0 bridgehead atoms. The molecule has 0 saturated heterocycles.